The van der Waals surface area contributed by atoms with Crippen molar-refractivity contribution in [3.8, 4) is 0 Å². The molecule has 2 rings (SSSR count). The maximum absolute atomic E-state index is 4.95. The van der Waals surface area contributed by atoms with Gasteiger partial charge >= 0.3 is 0 Å². The van der Waals surface area contributed by atoms with Crippen molar-refractivity contribution in [3.05, 3.63) is 35.9 Å². The van der Waals surface area contributed by atoms with Gasteiger partial charge in [0.05, 0.1) is 12.6 Å². The van der Waals surface area contributed by atoms with Crippen LogP contribution in [0.25, 0.3) is 0 Å². The summed E-state index contributed by atoms with van der Waals surface area (Å²) in [6.45, 7) is 17.2. The normalized spacial score (nSPS) is 18.8. The number of likely N-dealkylation sites (N-methyl/N-ethyl adjacent to an activating group) is 1. The van der Waals surface area contributed by atoms with Gasteiger partial charge < -0.3 is 15.5 Å². The Bertz CT molecular complexity index is 547. The van der Waals surface area contributed by atoms with Gasteiger partial charge in [0.25, 0.3) is 0 Å². The van der Waals surface area contributed by atoms with Crippen molar-refractivity contribution in [1.29, 1.82) is 0 Å². The molecule has 0 amide bonds. The number of benzene rings is 1. The van der Waals surface area contributed by atoms with Crippen LogP contribution in [-0.2, 0) is 0 Å². The Morgan fingerprint density at radius 1 is 1.14 bits per heavy atom. The summed E-state index contributed by atoms with van der Waals surface area (Å²) in [6.07, 6.45) is 1.28. The summed E-state index contributed by atoms with van der Waals surface area (Å²) in [5.74, 6) is 1.67. The number of rotatable bonds is 10. The molecule has 0 aliphatic carbocycles. The predicted molar refractivity (Wildman–Crippen MR) is 132 cm³/mol. The summed E-state index contributed by atoms with van der Waals surface area (Å²) < 4.78 is 0. The second-order valence-corrected chi connectivity index (χ2v) is 7.30. The fraction of sp³-hybridized carbons (Fsp3) is 0.682. The molecule has 28 heavy (non-hydrogen) atoms. The highest BCUT2D eigenvalue weighted by molar-refractivity contribution is 14.0. The Hall–Kier alpha value is -0.860. The minimum atomic E-state index is 0. The lowest BCUT2D eigenvalue weighted by Crippen LogP contribution is -2.41. The molecule has 5 nitrogen and oxygen atoms in total. The van der Waals surface area contributed by atoms with Gasteiger partial charge in [0.2, 0.25) is 0 Å². The second kappa shape index (κ2) is 14.2. The van der Waals surface area contributed by atoms with Gasteiger partial charge in [0.15, 0.2) is 5.96 Å². The molecule has 160 valence electrons. The van der Waals surface area contributed by atoms with Crippen LogP contribution in [0.15, 0.2) is 35.3 Å². The Morgan fingerprint density at radius 2 is 1.86 bits per heavy atom. The Kier molecular flexibility index (Phi) is 12.7. The van der Waals surface area contributed by atoms with E-state index >= 15 is 0 Å². The standard InChI is InChI=1S/C22H39N5.HI/c1-5-23-22(24-16-19-14-15-26(6-2)18-19)25-17-21(27(7-3)8-4)20-12-10-9-11-13-20;/h9-13,19,21H,5-8,14-18H2,1-4H3,(H2,23,24,25);1H. The Balaban J connectivity index is 0.00000392. The van der Waals surface area contributed by atoms with Crippen molar-refractivity contribution < 1.29 is 0 Å². The average Bonchev–Trinajstić information content (AvgIpc) is 3.18. The molecule has 1 aromatic carbocycles. The number of hydrogen-bond donors (Lipinski definition) is 2. The van der Waals surface area contributed by atoms with Crippen molar-refractivity contribution in [2.45, 2.75) is 40.2 Å². The number of nitrogens with one attached hydrogen (secondary N) is 2. The second-order valence-electron chi connectivity index (χ2n) is 7.30. The third kappa shape index (κ3) is 7.87. The topological polar surface area (TPSA) is 42.9 Å². The zero-order valence-electron chi connectivity index (χ0n) is 18.2. The van der Waals surface area contributed by atoms with Crippen LogP contribution in [0.4, 0.5) is 0 Å². The van der Waals surface area contributed by atoms with E-state index in [0.29, 0.717) is 6.04 Å². The SMILES string of the molecule is CCNC(=NCC(c1ccccc1)N(CC)CC)NCC1CCN(CC)C1.I. The lowest BCUT2D eigenvalue weighted by atomic mass is 10.1. The largest absolute Gasteiger partial charge is 0.357 e. The fourth-order valence-electron chi connectivity index (χ4n) is 3.90. The van der Waals surface area contributed by atoms with Gasteiger partial charge in [-0.05, 0) is 51.0 Å². The van der Waals surface area contributed by atoms with E-state index in [0.717, 1.165) is 51.1 Å². The molecule has 1 aliphatic rings. The predicted octanol–water partition coefficient (Wildman–Crippen LogP) is 3.58. The van der Waals surface area contributed by atoms with Crippen LogP contribution in [0.2, 0.25) is 0 Å². The van der Waals surface area contributed by atoms with Crippen LogP contribution in [0, 0.1) is 5.92 Å². The first-order valence-corrected chi connectivity index (χ1v) is 10.7. The highest BCUT2D eigenvalue weighted by Crippen LogP contribution is 2.20. The monoisotopic (exact) mass is 501 g/mol. The number of guanidine groups is 1. The molecule has 2 N–H and O–H groups in total. The lowest BCUT2D eigenvalue weighted by Gasteiger charge is -2.29. The van der Waals surface area contributed by atoms with Crippen molar-refractivity contribution in [1.82, 2.24) is 20.4 Å². The lowest BCUT2D eigenvalue weighted by molar-refractivity contribution is 0.224. The highest BCUT2D eigenvalue weighted by atomic mass is 127. The first-order chi connectivity index (χ1) is 13.2. The van der Waals surface area contributed by atoms with Crippen LogP contribution in [-0.4, -0.2) is 68.1 Å². The van der Waals surface area contributed by atoms with Gasteiger partial charge in [0.1, 0.15) is 0 Å². The van der Waals surface area contributed by atoms with Crippen molar-refractivity contribution in [2.24, 2.45) is 10.9 Å². The molecule has 1 aliphatic heterocycles. The van der Waals surface area contributed by atoms with Gasteiger partial charge in [-0.15, -0.1) is 24.0 Å². The molecule has 1 fully saturated rings. The first-order valence-electron chi connectivity index (χ1n) is 10.7. The van der Waals surface area contributed by atoms with Gasteiger partial charge in [0, 0.05) is 19.6 Å². The quantitative estimate of drug-likeness (QED) is 0.292. The van der Waals surface area contributed by atoms with Gasteiger partial charge in [-0.25, -0.2) is 0 Å². The summed E-state index contributed by atoms with van der Waals surface area (Å²) in [7, 11) is 0. The average molecular weight is 502 g/mol. The summed E-state index contributed by atoms with van der Waals surface area (Å²) in [6, 6.07) is 11.1. The van der Waals surface area contributed by atoms with E-state index in [2.05, 4.69) is 78.5 Å². The molecule has 1 heterocycles. The summed E-state index contributed by atoms with van der Waals surface area (Å²) in [5, 5.41) is 7.00. The molecule has 0 spiro atoms. The maximum Gasteiger partial charge on any atom is 0.191 e. The summed E-state index contributed by atoms with van der Waals surface area (Å²) in [5.41, 5.74) is 1.34. The Morgan fingerprint density at radius 3 is 2.43 bits per heavy atom. The minimum Gasteiger partial charge on any atom is -0.357 e. The van der Waals surface area contributed by atoms with E-state index in [4.69, 9.17) is 4.99 Å². The number of hydrogen-bond acceptors (Lipinski definition) is 3. The third-order valence-electron chi connectivity index (χ3n) is 5.58. The number of halogens is 1. The van der Waals surface area contributed by atoms with Crippen molar-refractivity contribution in [2.75, 3.05) is 52.4 Å². The van der Waals surface area contributed by atoms with Crippen LogP contribution in [0.3, 0.4) is 0 Å². The molecule has 2 atom stereocenters. The molecule has 0 saturated carbocycles. The van der Waals surface area contributed by atoms with Gasteiger partial charge in [-0.1, -0.05) is 51.1 Å². The summed E-state index contributed by atoms with van der Waals surface area (Å²) >= 11 is 0. The van der Waals surface area contributed by atoms with E-state index < -0.39 is 0 Å². The zero-order chi connectivity index (χ0) is 19.5. The van der Waals surface area contributed by atoms with E-state index in [9.17, 15) is 0 Å². The van der Waals surface area contributed by atoms with Gasteiger partial charge in [-0.2, -0.15) is 0 Å². The molecule has 0 aromatic heterocycles. The molecule has 6 heteroatoms. The number of nitrogens with zero attached hydrogens (tertiary/aromatic N) is 3. The van der Waals surface area contributed by atoms with Gasteiger partial charge in [-0.3, -0.25) is 9.89 Å². The van der Waals surface area contributed by atoms with Crippen LogP contribution in [0.5, 0.6) is 0 Å². The van der Waals surface area contributed by atoms with Crippen molar-refractivity contribution in [3.63, 3.8) is 0 Å². The molecule has 0 bridgehead atoms. The van der Waals surface area contributed by atoms with E-state index in [1.807, 2.05) is 0 Å². The third-order valence-corrected chi connectivity index (χ3v) is 5.58. The molecule has 2 unspecified atom stereocenters. The molecular weight excluding hydrogens is 461 g/mol. The molecule has 1 aromatic rings. The zero-order valence-corrected chi connectivity index (χ0v) is 20.5. The minimum absolute atomic E-state index is 0. The molecular formula is C22H40IN5. The van der Waals surface area contributed by atoms with Crippen LogP contribution in [0.1, 0.15) is 45.7 Å². The van der Waals surface area contributed by atoms with Crippen LogP contribution >= 0.6 is 24.0 Å². The fourth-order valence-corrected chi connectivity index (χ4v) is 3.90. The smallest absolute Gasteiger partial charge is 0.191 e. The number of likely N-dealkylation sites (tertiary alicyclic amines) is 1. The first kappa shape index (κ1) is 25.2. The number of aliphatic imine (C=N–C) groups is 1. The van der Waals surface area contributed by atoms with Crippen LogP contribution < -0.4 is 10.6 Å². The van der Waals surface area contributed by atoms with E-state index in [1.165, 1.54) is 25.1 Å². The highest BCUT2D eigenvalue weighted by Gasteiger charge is 2.21. The molecule has 0 radical (unpaired) electrons. The molecule has 1 saturated heterocycles. The Labute approximate surface area is 189 Å². The van der Waals surface area contributed by atoms with E-state index in [1.54, 1.807) is 0 Å². The summed E-state index contributed by atoms with van der Waals surface area (Å²) in [4.78, 5) is 9.96. The van der Waals surface area contributed by atoms with Crippen molar-refractivity contribution >= 4 is 29.9 Å². The maximum atomic E-state index is 4.95. The van der Waals surface area contributed by atoms with E-state index in [-0.39, 0.29) is 24.0 Å².